The van der Waals surface area contributed by atoms with E-state index in [1.165, 1.54) is 18.9 Å². The molecule has 1 aromatic carbocycles. The van der Waals surface area contributed by atoms with Crippen LogP contribution in [-0.2, 0) is 10.0 Å². The van der Waals surface area contributed by atoms with Crippen molar-refractivity contribution in [3.05, 3.63) is 40.5 Å². The van der Waals surface area contributed by atoms with Crippen LogP contribution in [0.1, 0.15) is 107 Å². The Kier molecular flexibility index (Phi) is 7.87. The first kappa shape index (κ1) is 25.0. The van der Waals surface area contributed by atoms with Crippen LogP contribution >= 0.6 is 11.6 Å². The lowest BCUT2D eigenvalue weighted by Gasteiger charge is -2.30. The third-order valence-electron chi connectivity index (χ3n) is 7.11. The molecule has 0 bridgehead atoms. The number of hydrogen-bond acceptors (Lipinski definition) is 4. The SMILES string of the molecule is CC(C)n1ccc(S(=O)(=O)NC(=O)Nc2c(C3CCCCC3)cc(Cl)cc2C2CCCCC2)n1. The van der Waals surface area contributed by atoms with Gasteiger partial charge >= 0.3 is 6.03 Å². The Labute approximate surface area is 207 Å². The van der Waals surface area contributed by atoms with Crippen LogP contribution in [0.3, 0.4) is 0 Å². The number of urea groups is 1. The summed E-state index contributed by atoms with van der Waals surface area (Å²) in [6.07, 6.45) is 12.8. The first-order chi connectivity index (χ1) is 16.2. The number of nitrogens with zero attached hydrogens (tertiary/aromatic N) is 2. The fourth-order valence-corrected chi connectivity index (χ4v) is 6.41. The maximum Gasteiger partial charge on any atom is 0.333 e. The van der Waals surface area contributed by atoms with E-state index in [0.717, 1.165) is 68.2 Å². The summed E-state index contributed by atoms with van der Waals surface area (Å²) in [7, 11) is -4.10. The molecule has 2 aromatic rings. The number of carbonyl (C=O) groups excluding carboxylic acids is 1. The molecule has 1 aromatic heterocycles. The molecule has 2 fully saturated rings. The number of halogens is 1. The molecule has 0 saturated heterocycles. The van der Waals surface area contributed by atoms with E-state index < -0.39 is 16.1 Å². The van der Waals surface area contributed by atoms with E-state index in [0.29, 0.717) is 16.9 Å². The Balaban J connectivity index is 1.63. The van der Waals surface area contributed by atoms with E-state index in [-0.39, 0.29) is 11.1 Å². The molecule has 34 heavy (non-hydrogen) atoms. The number of sulfonamides is 1. The smallest absolute Gasteiger partial charge is 0.307 e. The lowest BCUT2D eigenvalue weighted by Crippen LogP contribution is -2.35. The number of hydrogen-bond donors (Lipinski definition) is 2. The summed E-state index contributed by atoms with van der Waals surface area (Å²) in [5.41, 5.74) is 2.80. The van der Waals surface area contributed by atoms with Crippen molar-refractivity contribution in [3.8, 4) is 0 Å². The molecule has 1 heterocycles. The van der Waals surface area contributed by atoms with Gasteiger partial charge < -0.3 is 5.32 Å². The minimum absolute atomic E-state index is 0.0166. The van der Waals surface area contributed by atoms with Crippen LogP contribution in [0, 0.1) is 0 Å². The van der Waals surface area contributed by atoms with E-state index >= 15 is 0 Å². The molecule has 0 atom stereocenters. The highest BCUT2D eigenvalue weighted by Gasteiger charge is 2.28. The second kappa shape index (κ2) is 10.7. The topological polar surface area (TPSA) is 93.1 Å². The van der Waals surface area contributed by atoms with E-state index in [1.807, 2.05) is 26.0 Å². The first-order valence-electron chi connectivity index (χ1n) is 12.5. The Morgan fingerprint density at radius 3 is 2.00 bits per heavy atom. The first-order valence-corrected chi connectivity index (χ1v) is 14.3. The number of benzene rings is 1. The zero-order valence-electron chi connectivity index (χ0n) is 20.0. The standard InChI is InChI=1S/C25H35ClN4O3S/c1-17(2)30-14-13-23(28-30)34(32,33)29-25(31)27-24-21(18-9-5-3-6-10-18)15-20(26)16-22(24)19-11-7-4-8-12-19/h13-19H,3-12H2,1-2H3,(H2,27,29,31). The molecule has 186 valence electrons. The van der Waals surface area contributed by atoms with E-state index in [2.05, 4.69) is 15.1 Å². The van der Waals surface area contributed by atoms with Gasteiger partial charge in [-0.3, -0.25) is 4.68 Å². The third-order valence-corrected chi connectivity index (χ3v) is 8.55. The van der Waals surface area contributed by atoms with Crippen LogP contribution in [0.2, 0.25) is 5.02 Å². The van der Waals surface area contributed by atoms with Gasteiger partial charge in [0, 0.05) is 22.9 Å². The number of carbonyl (C=O) groups is 1. The second-order valence-corrected chi connectivity index (χ2v) is 12.0. The van der Waals surface area contributed by atoms with Crippen molar-refractivity contribution >= 4 is 33.3 Å². The normalized spacial score (nSPS) is 18.2. The van der Waals surface area contributed by atoms with Crippen molar-refractivity contribution in [1.82, 2.24) is 14.5 Å². The predicted molar refractivity (Wildman–Crippen MR) is 135 cm³/mol. The van der Waals surface area contributed by atoms with Gasteiger partial charge in [0.1, 0.15) is 0 Å². The molecular weight excluding hydrogens is 472 g/mol. The molecule has 4 rings (SSSR count). The lowest BCUT2D eigenvalue weighted by atomic mass is 9.78. The number of anilines is 1. The number of nitrogens with one attached hydrogen (secondary N) is 2. The fraction of sp³-hybridized carbons (Fsp3) is 0.600. The predicted octanol–water partition coefficient (Wildman–Crippen LogP) is 6.72. The molecule has 2 aliphatic rings. The average Bonchev–Trinajstić information content (AvgIpc) is 3.33. The Morgan fingerprint density at radius 1 is 1.00 bits per heavy atom. The molecule has 2 saturated carbocycles. The summed E-state index contributed by atoms with van der Waals surface area (Å²) in [5.74, 6) is 0.617. The minimum atomic E-state index is -4.10. The molecule has 2 N–H and O–H groups in total. The van der Waals surface area contributed by atoms with Crippen molar-refractivity contribution < 1.29 is 13.2 Å². The molecule has 0 spiro atoms. The van der Waals surface area contributed by atoms with E-state index in [9.17, 15) is 13.2 Å². The van der Waals surface area contributed by atoms with Crippen LogP contribution in [0.5, 0.6) is 0 Å². The van der Waals surface area contributed by atoms with E-state index in [1.54, 1.807) is 10.9 Å². The Morgan fingerprint density at radius 2 is 1.53 bits per heavy atom. The van der Waals surface area contributed by atoms with Gasteiger partial charge in [0.25, 0.3) is 10.0 Å². The van der Waals surface area contributed by atoms with Crippen LogP contribution in [0.15, 0.2) is 29.4 Å². The van der Waals surface area contributed by atoms with E-state index in [4.69, 9.17) is 11.6 Å². The summed E-state index contributed by atoms with van der Waals surface area (Å²) in [6.45, 7) is 3.81. The highest BCUT2D eigenvalue weighted by atomic mass is 35.5. The average molecular weight is 507 g/mol. The van der Waals surface area contributed by atoms with Crippen LogP contribution < -0.4 is 10.0 Å². The zero-order chi connectivity index (χ0) is 24.3. The lowest BCUT2D eigenvalue weighted by molar-refractivity contribution is 0.256. The molecule has 2 aliphatic carbocycles. The summed E-state index contributed by atoms with van der Waals surface area (Å²) in [6, 6.07) is 4.56. The van der Waals surface area contributed by atoms with Crippen molar-refractivity contribution in [2.45, 2.75) is 101 Å². The van der Waals surface area contributed by atoms with Crippen LogP contribution in [0.25, 0.3) is 0 Å². The maximum atomic E-state index is 13.0. The molecule has 7 nitrogen and oxygen atoms in total. The van der Waals surface area contributed by atoms with Gasteiger partial charge in [-0.15, -0.1) is 0 Å². The van der Waals surface area contributed by atoms with Gasteiger partial charge in [0.05, 0.1) is 0 Å². The molecule has 2 amide bonds. The van der Waals surface area contributed by atoms with Crippen molar-refractivity contribution in [2.24, 2.45) is 0 Å². The highest BCUT2D eigenvalue weighted by Crippen LogP contribution is 2.44. The Bertz CT molecular complexity index is 1080. The van der Waals surface area contributed by atoms with Crippen molar-refractivity contribution in [3.63, 3.8) is 0 Å². The molecule has 0 radical (unpaired) electrons. The van der Waals surface area contributed by atoms with Gasteiger partial charge in [-0.1, -0.05) is 50.1 Å². The summed E-state index contributed by atoms with van der Waals surface area (Å²) < 4.78 is 29.4. The number of amides is 2. The summed E-state index contributed by atoms with van der Waals surface area (Å²) >= 11 is 6.58. The summed E-state index contributed by atoms with van der Waals surface area (Å²) in [5, 5.41) is 7.54. The molecule has 0 aliphatic heterocycles. The van der Waals surface area contributed by atoms with Gasteiger partial charge in [-0.05, 0) is 80.7 Å². The second-order valence-electron chi connectivity index (χ2n) is 9.92. The number of rotatable bonds is 6. The third kappa shape index (κ3) is 5.77. The van der Waals surface area contributed by atoms with Gasteiger partial charge in [0.15, 0.2) is 5.03 Å². The highest BCUT2D eigenvalue weighted by molar-refractivity contribution is 7.90. The molecule has 9 heteroatoms. The largest absolute Gasteiger partial charge is 0.333 e. The van der Waals surface area contributed by atoms with Gasteiger partial charge in [-0.2, -0.15) is 13.5 Å². The Hall–Kier alpha value is -2.06. The summed E-state index contributed by atoms with van der Waals surface area (Å²) in [4.78, 5) is 13.0. The monoisotopic (exact) mass is 506 g/mol. The molecular formula is C25H35ClN4O3S. The van der Waals surface area contributed by atoms with Crippen molar-refractivity contribution in [2.75, 3.05) is 5.32 Å². The zero-order valence-corrected chi connectivity index (χ0v) is 21.6. The van der Waals surface area contributed by atoms with Gasteiger partial charge in [-0.25, -0.2) is 9.52 Å². The number of aromatic nitrogens is 2. The molecule has 0 unspecified atom stereocenters. The maximum absolute atomic E-state index is 13.0. The fourth-order valence-electron chi connectivity index (χ4n) is 5.33. The van der Waals surface area contributed by atoms with Gasteiger partial charge in [0.2, 0.25) is 0 Å². The quantitative estimate of drug-likeness (QED) is 0.454. The van der Waals surface area contributed by atoms with Crippen LogP contribution in [0.4, 0.5) is 10.5 Å². The minimum Gasteiger partial charge on any atom is -0.307 e. The van der Waals surface area contributed by atoms with Crippen molar-refractivity contribution in [1.29, 1.82) is 0 Å². The van der Waals surface area contributed by atoms with Crippen LogP contribution in [-0.4, -0.2) is 24.2 Å².